The molecular weight excluding hydrogens is 323 g/mol. The Kier molecular flexibility index (Phi) is 3.22. The molecule has 0 aliphatic heterocycles. The van der Waals surface area contributed by atoms with Gasteiger partial charge in [0.05, 0.1) is 15.5 Å². The van der Waals surface area contributed by atoms with Gasteiger partial charge in [-0.05, 0) is 59.3 Å². The van der Waals surface area contributed by atoms with Crippen LogP contribution in [0, 0.1) is 5.82 Å². The number of hydrogen-bond acceptors (Lipinski definition) is 2. The van der Waals surface area contributed by atoms with Gasteiger partial charge in [-0.25, -0.2) is 9.37 Å². The maximum absolute atomic E-state index is 13.4. The summed E-state index contributed by atoms with van der Waals surface area (Å²) < 4.78 is 16.0. The quantitative estimate of drug-likeness (QED) is 0.757. The summed E-state index contributed by atoms with van der Waals surface area (Å²) in [5, 5.41) is 9.80. The van der Waals surface area contributed by atoms with E-state index in [-0.39, 0.29) is 11.6 Å². The van der Waals surface area contributed by atoms with Gasteiger partial charge in [0.15, 0.2) is 0 Å². The van der Waals surface area contributed by atoms with Crippen molar-refractivity contribution in [3.8, 4) is 17.1 Å². The van der Waals surface area contributed by atoms with Crippen LogP contribution in [0.1, 0.15) is 6.92 Å². The van der Waals surface area contributed by atoms with Gasteiger partial charge in [-0.1, -0.05) is 0 Å². The molecule has 3 nitrogen and oxygen atoms in total. The number of aromatic nitrogens is 2. The van der Waals surface area contributed by atoms with Crippen LogP contribution >= 0.6 is 15.9 Å². The van der Waals surface area contributed by atoms with Crippen molar-refractivity contribution in [1.82, 2.24) is 9.55 Å². The summed E-state index contributed by atoms with van der Waals surface area (Å²) in [5.74, 6) is 0.594. The number of aromatic hydroxyl groups is 1. The van der Waals surface area contributed by atoms with Crippen molar-refractivity contribution in [1.29, 1.82) is 0 Å². The van der Waals surface area contributed by atoms with E-state index < -0.39 is 0 Å². The van der Waals surface area contributed by atoms with E-state index in [1.165, 1.54) is 12.1 Å². The van der Waals surface area contributed by atoms with Crippen LogP contribution in [0.15, 0.2) is 40.9 Å². The molecule has 1 aromatic heterocycles. The third kappa shape index (κ3) is 2.08. The molecule has 0 saturated heterocycles. The molecule has 0 fully saturated rings. The minimum atomic E-state index is -0.280. The van der Waals surface area contributed by atoms with Crippen molar-refractivity contribution in [3.05, 3.63) is 46.7 Å². The molecule has 0 atom stereocenters. The topological polar surface area (TPSA) is 38.0 Å². The fraction of sp³-hybridized carbons (Fsp3) is 0.133. The normalized spacial score (nSPS) is 11.2. The number of halogens is 2. The molecule has 102 valence electrons. The highest BCUT2D eigenvalue weighted by Gasteiger charge is 2.13. The van der Waals surface area contributed by atoms with Gasteiger partial charge in [0.1, 0.15) is 17.4 Å². The van der Waals surface area contributed by atoms with Gasteiger partial charge in [0.25, 0.3) is 0 Å². The summed E-state index contributed by atoms with van der Waals surface area (Å²) in [6.45, 7) is 2.65. The molecule has 0 unspecified atom stereocenters. The molecule has 0 aliphatic carbocycles. The van der Waals surface area contributed by atoms with E-state index in [4.69, 9.17) is 0 Å². The van der Waals surface area contributed by atoms with E-state index in [1.807, 2.05) is 17.6 Å². The zero-order chi connectivity index (χ0) is 14.3. The smallest absolute Gasteiger partial charge is 0.141 e. The minimum Gasteiger partial charge on any atom is -0.507 e. The van der Waals surface area contributed by atoms with Crippen LogP contribution in [-0.2, 0) is 6.54 Å². The van der Waals surface area contributed by atoms with Crippen LogP contribution in [0.3, 0.4) is 0 Å². The first-order chi connectivity index (χ1) is 9.60. The summed E-state index contributed by atoms with van der Waals surface area (Å²) in [7, 11) is 0. The fourth-order valence-electron chi connectivity index (χ4n) is 2.29. The molecule has 1 N–H and O–H groups in total. The van der Waals surface area contributed by atoms with Gasteiger partial charge < -0.3 is 9.67 Å². The molecule has 0 saturated carbocycles. The Hall–Kier alpha value is -1.88. The highest BCUT2D eigenvalue weighted by atomic mass is 79.9. The highest BCUT2D eigenvalue weighted by molar-refractivity contribution is 9.10. The molecular formula is C15H12BrFN2O. The van der Waals surface area contributed by atoms with Crippen molar-refractivity contribution < 1.29 is 9.50 Å². The second kappa shape index (κ2) is 4.90. The van der Waals surface area contributed by atoms with Gasteiger partial charge in [-0.15, -0.1) is 0 Å². The van der Waals surface area contributed by atoms with Crippen LogP contribution in [-0.4, -0.2) is 14.7 Å². The number of phenolic OH excluding ortho intramolecular Hbond substituents is 1. The summed E-state index contributed by atoms with van der Waals surface area (Å²) in [6, 6.07) is 9.83. The lowest BCUT2D eigenvalue weighted by Crippen LogP contribution is -1.97. The average molecular weight is 335 g/mol. The van der Waals surface area contributed by atoms with E-state index in [9.17, 15) is 9.50 Å². The Morgan fingerprint density at radius 2 is 2.05 bits per heavy atom. The number of phenols is 1. The first-order valence-corrected chi connectivity index (χ1v) is 7.04. The average Bonchev–Trinajstić information content (AvgIpc) is 2.79. The van der Waals surface area contributed by atoms with Gasteiger partial charge in [-0.2, -0.15) is 0 Å². The standard InChI is InChI=1S/C15H12BrFN2O/c1-2-19-13-8-10(17)4-6-12(13)18-15(19)9-3-5-11(16)14(20)7-9/h3-8,20H,2H2,1H3. The predicted molar refractivity (Wildman–Crippen MR) is 80.2 cm³/mol. The van der Waals surface area contributed by atoms with Crippen LogP contribution in [0.2, 0.25) is 0 Å². The molecule has 3 aromatic rings. The van der Waals surface area contributed by atoms with Crippen LogP contribution in [0.4, 0.5) is 4.39 Å². The zero-order valence-corrected chi connectivity index (χ0v) is 12.4. The number of hydrogen-bond donors (Lipinski definition) is 1. The van der Waals surface area contributed by atoms with Crippen molar-refractivity contribution in [2.24, 2.45) is 0 Å². The van der Waals surface area contributed by atoms with Crippen molar-refractivity contribution in [2.45, 2.75) is 13.5 Å². The Labute approximate surface area is 123 Å². The molecule has 0 bridgehead atoms. The molecule has 2 aromatic carbocycles. The van der Waals surface area contributed by atoms with E-state index in [0.29, 0.717) is 11.0 Å². The Morgan fingerprint density at radius 1 is 1.25 bits per heavy atom. The number of fused-ring (bicyclic) bond motifs is 1. The molecule has 3 rings (SSSR count). The maximum atomic E-state index is 13.4. The SMILES string of the molecule is CCn1c(-c2ccc(Br)c(O)c2)nc2ccc(F)cc21. The van der Waals surface area contributed by atoms with Crippen molar-refractivity contribution in [2.75, 3.05) is 0 Å². The largest absolute Gasteiger partial charge is 0.507 e. The van der Waals surface area contributed by atoms with Crippen LogP contribution < -0.4 is 0 Å². The van der Waals surface area contributed by atoms with Crippen molar-refractivity contribution >= 4 is 27.0 Å². The predicted octanol–water partition coefficient (Wildman–Crippen LogP) is 4.33. The number of aryl methyl sites for hydroxylation is 1. The summed E-state index contributed by atoms with van der Waals surface area (Å²) >= 11 is 3.25. The van der Waals surface area contributed by atoms with E-state index in [0.717, 1.165) is 22.4 Å². The first-order valence-electron chi connectivity index (χ1n) is 6.25. The van der Waals surface area contributed by atoms with Crippen LogP contribution in [0.25, 0.3) is 22.4 Å². The Morgan fingerprint density at radius 3 is 2.75 bits per heavy atom. The number of benzene rings is 2. The molecule has 0 radical (unpaired) electrons. The van der Waals surface area contributed by atoms with Gasteiger partial charge in [0.2, 0.25) is 0 Å². The van der Waals surface area contributed by atoms with Crippen LogP contribution in [0.5, 0.6) is 5.75 Å². The number of rotatable bonds is 2. The Bertz CT molecular complexity index is 798. The molecule has 0 spiro atoms. The summed E-state index contributed by atoms with van der Waals surface area (Å²) in [6.07, 6.45) is 0. The molecule has 5 heteroatoms. The van der Waals surface area contributed by atoms with Gasteiger partial charge in [0, 0.05) is 12.1 Å². The molecule has 1 heterocycles. The third-order valence-corrected chi connectivity index (χ3v) is 3.90. The molecule has 0 amide bonds. The second-order valence-corrected chi connectivity index (χ2v) is 5.33. The molecule has 0 aliphatic rings. The zero-order valence-electron chi connectivity index (χ0n) is 10.8. The number of nitrogens with zero attached hydrogens (tertiary/aromatic N) is 2. The maximum Gasteiger partial charge on any atom is 0.141 e. The highest BCUT2D eigenvalue weighted by Crippen LogP contribution is 2.31. The summed E-state index contributed by atoms with van der Waals surface area (Å²) in [4.78, 5) is 4.54. The number of imidazole rings is 1. The summed E-state index contributed by atoms with van der Waals surface area (Å²) in [5.41, 5.74) is 2.29. The van der Waals surface area contributed by atoms with Crippen molar-refractivity contribution in [3.63, 3.8) is 0 Å². The lowest BCUT2D eigenvalue weighted by atomic mass is 10.2. The van der Waals surface area contributed by atoms with E-state index >= 15 is 0 Å². The lowest BCUT2D eigenvalue weighted by Gasteiger charge is -2.07. The van der Waals surface area contributed by atoms with Gasteiger partial charge >= 0.3 is 0 Å². The molecule has 20 heavy (non-hydrogen) atoms. The lowest BCUT2D eigenvalue weighted by molar-refractivity contribution is 0.472. The Balaban J connectivity index is 2.27. The minimum absolute atomic E-state index is 0.156. The fourth-order valence-corrected chi connectivity index (χ4v) is 2.53. The monoisotopic (exact) mass is 334 g/mol. The first kappa shape index (κ1) is 13.1. The van der Waals surface area contributed by atoms with Gasteiger partial charge in [-0.3, -0.25) is 0 Å². The van der Waals surface area contributed by atoms with E-state index in [2.05, 4.69) is 20.9 Å². The van der Waals surface area contributed by atoms with E-state index in [1.54, 1.807) is 18.2 Å². The third-order valence-electron chi connectivity index (χ3n) is 3.23. The second-order valence-electron chi connectivity index (χ2n) is 4.48.